The second-order valence-corrected chi connectivity index (χ2v) is 5.96. The van der Waals surface area contributed by atoms with E-state index in [1.165, 1.54) is 22.2 Å². The number of amides is 1. The van der Waals surface area contributed by atoms with E-state index in [2.05, 4.69) is 41.1 Å². The molecule has 3 heteroatoms. The smallest absolute Gasteiger partial charge is 0.226 e. The van der Waals surface area contributed by atoms with Gasteiger partial charge >= 0.3 is 0 Å². The van der Waals surface area contributed by atoms with Crippen molar-refractivity contribution in [3.63, 3.8) is 0 Å². The second-order valence-electron chi connectivity index (χ2n) is 5.96. The molecule has 1 saturated carbocycles. The van der Waals surface area contributed by atoms with Crippen molar-refractivity contribution >= 4 is 16.8 Å². The first-order valence-corrected chi connectivity index (χ1v) is 7.11. The Morgan fingerprint density at radius 2 is 2.16 bits per heavy atom. The molecule has 0 saturated heterocycles. The van der Waals surface area contributed by atoms with Crippen LogP contribution in [0.15, 0.2) is 24.3 Å². The van der Waals surface area contributed by atoms with Crippen LogP contribution in [0, 0.1) is 11.8 Å². The van der Waals surface area contributed by atoms with E-state index in [0.29, 0.717) is 17.7 Å². The van der Waals surface area contributed by atoms with Gasteiger partial charge in [-0.05, 0) is 18.4 Å². The highest BCUT2D eigenvalue weighted by molar-refractivity contribution is 5.87. The van der Waals surface area contributed by atoms with E-state index < -0.39 is 0 Å². The van der Waals surface area contributed by atoms with Crippen molar-refractivity contribution < 1.29 is 4.79 Å². The van der Waals surface area contributed by atoms with Crippen LogP contribution in [0.25, 0.3) is 10.9 Å². The van der Waals surface area contributed by atoms with E-state index in [-0.39, 0.29) is 0 Å². The Morgan fingerprint density at radius 3 is 2.95 bits per heavy atom. The lowest BCUT2D eigenvalue weighted by Gasteiger charge is -2.27. The van der Waals surface area contributed by atoms with E-state index in [1.54, 1.807) is 0 Å². The fourth-order valence-corrected chi connectivity index (χ4v) is 3.26. The largest absolute Gasteiger partial charge is 0.358 e. The first kappa shape index (κ1) is 11.1. The van der Waals surface area contributed by atoms with E-state index in [9.17, 15) is 4.79 Å². The maximum absolute atomic E-state index is 12.4. The van der Waals surface area contributed by atoms with Gasteiger partial charge in [-0.2, -0.15) is 0 Å². The monoisotopic (exact) mass is 254 g/mol. The fourth-order valence-electron chi connectivity index (χ4n) is 3.26. The molecule has 1 aliphatic carbocycles. The van der Waals surface area contributed by atoms with Gasteiger partial charge in [0.2, 0.25) is 5.91 Å². The summed E-state index contributed by atoms with van der Waals surface area (Å²) in [6.07, 6.45) is 2.03. The molecular weight excluding hydrogens is 236 g/mol. The average molecular weight is 254 g/mol. The van der Waals surface area contributed by atoms with Gasteiger partial charge in [-0.15, -0.1) is 0 Å². The molecule has 1 aromatic carbocycles. The predicted molar refractivity (Wildman–Crippen MR) is 74.7 cm³/mol. The number of aromatic amines is 1. The fraction of sp³-hybridized carbons (Fsp3) is 0.438. The third kappa shape index (κ3) is 1.68. The number of fused-ring (bicyclic) bond motifs is 3. The topological polar surface area (TPSA) is 36.1 Å². The molecule has 0 bridgehead atoms. The lowest BCUT2D eigenvalue weighted by atomic mass is 10.0. The van der Waals surface area contributed by atoms with Crippen molar-refractivity contribution in [1.82, 2.24) is 9.88 Å². The summed E-state index contributed by atoms with van der Waals surface area (Å²) in [4.78, 5) is 17.9. The van der Waals surface area contributed by atoms with Crippen LogP contribution in [-0.4, -0.2) is 22.3 Å². The molecule has 2 atom stereocenters. The lowest BCUT2D eigenvalue weighted by molar-refractivity contribution is -0.133. The summed E-state index contributed by atoms with van der Waals surface area (Å²) >= 11 is 0. The van der Waals surface area contributed by atoms with Crippen LogP contribution >= 0.6 is 0 Å². The number of carbonyl (C=O) groups is 1. The number of benzene rings is 1. The van der Waals surface area contributed by atoms with Crippen LogP contribution in [0.3, 0.4) is 0 Å². The third-order valence-corrected chi connectivity index (χ3v) is 4.62. The molecule has 2 unspecified atom stereocenters. The van der Waals surface area contributed by atoms with Crippen molar-refractivity contribution in [3.05, 3.63) is 35.5 Å². The zero-order chi connectivity index (χ0) is 13.0. The van der Waals surface area contributed by atoms with Crippen LogP contribution in [0.4, 0.5) is 0 Å². The summed E-state index contributed by atoms with van der Waals surface area (Å²) in [6, 6.07) is 8.39. The van der Waals surface area contributed by atoms with Crippen molar-refractivity contribution in [2.24, 2.45) is 11.8 Å². The van der Waals surface area contributed by atoms with Crippen LogP contribution in [0.5, 0.6) is 0 Å². The highest BCUT2D eigenvalue weighted by atomic mass is 16.2. The lowest BCUT2D eigenvalue weighted by Crippen LogP contribution is -2.37. The van der Waals surface area contributed by atoms with Crippen LogP contribution in [-0.2, 0) is 17.8 Å². The van der Waals surface area contributed by atoms with Gasteiger partial charge in [-0.1, -0.05) is 25.1 Å². The molecule has 1 aromatic heterocycles. The molecule has 0 spiro atoms. The van der Waals surface area contributed by atoms with E-state index in [4.69, 9.17) is 0 Å². The number of nitrogens with zero attached hydrogens (tertiary/aromatic N) is 1. The van der Waals surface area contributed by atoms with Crippen molar-refractivity contribution in [3.8, 4) is 0 Å². The van der Waals surface area contributed by atoms with E-state index in [1.807, 2.05) is 0 Å². The molecule has 1 aliphatic heterocycles. The molecule has 2 aromatic rings. The number of carbonyl (C=O) groups excluding carboxylic acids is 1. The summed E-state index contributed by atoms with van der Waals surface area (Å²) in [5.41, 5.74) is 3.83. The van der Waals surface area contributed by atoms with Crippen molar-refractivity contribution in [1.29, 1.82) is 0 Å². The molecule has 1 fully saturated rings. The number of H-pyrrole nitrogens is 1. The van der Waals surface area contributed by atoms with Crippen LogP contribution < -0.4 is 0 Å². The molecule has 2 heterocycles. The van der Waals surface area contributed by atoms with E-state index >= 15 is 0 Å². The summed E-state index contributed by atoms with van der Waals surface area (Å²) in [5.74, 6) is 1.26. The quantitative estimate of drug-likeness (QED) is 0.834. The highest BCUT2D eigenvalue weighted by Crippen LogP contribution is 2.40. The van der Waals surface area contributed by atoms with Gasteiger partial charge in [0.05, 0.1) is 0 Å². The third-order valence-electron chi connectivity index (χ3n) is 4.62. The molecular formula is C16H18N2O. The Hall–Kier alpha value is -1.77. The van der Waals surface area contributed by atoms with Gasteiger partial charge in [-0.3, -0.25) is 4.79 Å². The molecule has 4 rings (SSSR count). The van der Waals surface area contributed by atoms with Gasteiger partial charge in [0.25, 0.3) is 0 Å². The highest BCUT2D eigenvalue weighted by Gasteiger charge is 2.42. The summed E-state index contributed by atoms with van der Waals surface area (Å²) in [7, 11) is 0. The SMILES string of the molecule is CC1CC1C(=O)N1CCc2[nH]c3ccccc3c2C1. The average Bonchev–Trinajstić information content (AvgIpc) is 3.05. The maximum atomic E-state index is 12.4. The number of aromatic nitrogens is 1. The number of hydrogen-bond donors (Lipinski definition) is 1. The minimum absolute atomic E-state index is 0.298. The first-order chi connectivity index (χ1) is 9.24. The van der Waals surface area contributed by atoms with Gasteiger partial charge in [-0.25, -0.2) is 0 Å². The molecule has 2 aliphatic rings. The molecule has 3 nitrogen and oxygen atoms in total. The molecule has 0 radical (unpaired) electrons. The molecule has 98 valence electrons. The Balaban J connectivity index is 1.67. The van der Waals surface area contributed by atoms with Crippen LogP contribution in [0.1, 0.15) is 24.6 Å². The number of nitrogens with one attached hydrogen (secondary N) is 1. The minimum atomic E-state index is 0.298. The summed E-state index contributed by atoms with van der Waals surface area (Å²) in [5, 5.41) is 1.28. The van der Waals surface area contributed by atoms with Crippen LogP contribution in [0.2, 0.25) is 0 Å². The molecule has 1 amide bonds. The van der Waals surface area contributed by atoms with Gasteiger partial charge in [0, 0.05) is 47.6 Å². The van der Waals surface area contributed by atoms with Gasteiger partial charge < -0.3 is 9.88 Å². The number of para-hydroxylation sites is 1. The normalized spacial score (nSPS) is 25.4. The first-order valence-electron chi connectivity index (χ1n) is 7.11. The Morgan fingerprint density at radius 1 is 1.37 bits per heavy atom. The Labute approximate surface area is 112 Å². The van der Waals surface area contributed by atoms with Crippen molar-refractivity contribution in [2.45, 2.75) is 26.3 Å². The van der Waals surface area contributed by atoms with E-state index in [0.717, 1.165) is 25.9 Å². The van der Waals surface area contributed by atoms with Crippen molar-refractivity contribution in [2.75, 3.05) is 6.54 Å². The minimum Gasteiger partial charge on any atom is -0.358 e. The number of rotatable bonds is 1. The Kier molecular flexibility index (Phi) is 2.25. The maximum Gasteiger partial charge on any atom is 0.226 e. The zero-order valence-electron chi connectivity index (χ0n) is 11.1. The summed E-state index contributed by atoms with van der Waals surface area (Å²) < 4.78 is 0. The summed E-state index contributed by atoms with van der Waals surface area (Å²) in [6.45, 7) is 3.81. The predicted octanol–water partition coefficient (Wildman–Crippen LogP) is 2.71. The number of hydrogen-bond acceptors (Lipinski definition) is 1. The molecule has 1 N–H and O–H groups in total. The zero-order valence-corrected chi connectivity index (χ0v) is 11.1. The Bertz CT molecular complexity index is 658. The standard InChI is InChI=1S/C16H18N2O/c1-10-8-12(10)16(19)18-7-6-15-13(9-18)11-4-2-3-5-14(11)17-15/h2-5,10,12,17H,6-9H2,1H3. The van der Waals surface area contributed by atoms with Gasteiger partial charge in [0.1, 0.15) is 0 Å². The second kappa shape index (κ2) is 3.86. The van der Waals surface area contributed by atoms with Gasteiger partial charge in [0.15, 0.2) is 0 Å². The molecule has 19 heavy (non-hydrogen) atoms.